The van der Waals surface area contributed by atoms with Crippen LogP contribution in [0.3, 0.4) is 0 Å². The lowest BCUT2D eigenvalue weighted by Gasteiger charge is -2.14. The fourth-order valence-electron chi connectivity index (χ4n) is 2.63. The number of rotatable bonds is 0. The minimum Gasteiger partial charge on any atom is -0.289 e. The number of Topliss-reactive ketones (excluding diaryl/α,β-unsaturated/α-hetero) is 1. The van der Waals surface area contributed by atoms with Gasteiger partial charge in [0.2, 0.25) is 0 Å². The van der Waals surface area contributed by atoms with E-state index in [1.165, 1.54) is 0 Å². The first-order valence-electron chi connectivity index (χ1n) is 8.39. The molecule has 0 atom stereocenters. The van der Waals surface area contributed by atoms with Crippen molar-refractivity contribution in [2.45, 2.75) is 19.3 Å². The Labute approximate surface area is 149 Å². The summed E-state index contributed by atoms with van der Waals surface area (Å²) < 4.78 is 0. The predicted octanol–water partition coefficient (Wildman–Crippen LogP) is 4.70. The van der Waals surface area contributed by atoms with Crippen LogP contribution >= 0.6 is 0 Å². The zero-order chi connectivity index (χ0) is 17.3. The average Bonchev–Trinajstić information content (AvgIpc) is 2.66. The highest BCUT2D eigenvalue weighted by Gasteiger charge is 2.19. The molecule has 1 aliphatic carbocycles. The Morgan fingerprint density at radius 1 is 0.680 bits per heavy atom. The molecule has 2 aromatic rings. The third-order valence-electron chi connectivity index (χ3n) is 3.95. The van der Waals surface area contributed by atoms with Crippen LogP contribution in [0, 0.1) is 23.7 Å². The van der Waals surface area contributed by atoms with Crippen molar-refractivity contribution in [2.24, 2.45) is 0 Å². The number of allylic oxidation sites excluding steroid dienone is 4. The third-order valence-corrected chi connectivity index (χ3v) is 3.95. The minimum atomic E-state index is 0.0796. The van der Waals surface area contributed by atoms with Crippen molar-refractivity contribution in [2.75, 3.05) is 0 Å². The first-order chi connectivity index (χ1) is 12.3. The smallest absolute Gasteiger partial charge is 0.186 e. The van der Waals surface area contributed by atoms with Crippen molar-refractivity contribution in [3.63, 3.8) is 0 Å². The minimum absolute atomic E-state index is 0.0796. The molecule has 0 saturated heterocycles. The summed E-state index contributed by atoms with van der Waals surface area (Å²) >= 11 is 0. The molecule has 0 N–H and O–H groups in total. The van der Waals surface area contributed by atoms with Crippen molar-refractivity contribution in [1.82, 2.24) is 0 Å². The quantitative estimate of drug-likeness (QED) is 0.508. The molecule has 1 nitrogen and oxygen atoms in total. The van der Waals surface area contributed by atoms with Crippen LogP contribution in [0.2, 0.25) is 0 Å². The van der Waals surface area contributed by atoms with E-state index in [1.54, 1.807) is 12.2 Å². The highest BCUT2D eigenvalue weighted by molar-refractivity contribution is 6.09. The Balaban J connectivity index is 1.73. The Morgan fingerprint density at radius 2 is 1.12 bits per heavy atom. The molecule has 0 heterocycles. The summed E-state index contributed by atoms with van der Waals surface area (Å²) in [5.74, 6) is 12.2. The van der Waals surface area contributed by atoms with E-state index in [0.717, 1.165) is 41.5 Å². The molecule has 1 heteroatoms. The molecule has 0 radical (unpaired) electrons. The van der Waals surface area contributed by atoms with Gasteiger partial charge in [0.15, 0.2) is 5.78 Å². The molecule has 1 saturated carbocycles. The van der Waals surface area contributed by atoms with Gasteiger partial charge in [-0.15, -0.1) is 0 Å². The summed E-state index contributed by atoms with van der Waals surface area (Å²) in [6.45, 7) is 0. The van der Waals surface area contributed by atoms with E-state index in [4.69, 9.17) is 0 Å². The molecule has 120 valence electrons. The fraction of sp³-hybridized carbons (Fsp3) is 0.125. The standard InChI is InChI=1S/C24H18O/c25-24-22(16-7-14-20-10-3-1-4-11-20)18-9-19-23(24)17-8-15-21-12-5-2-6-13-21/h1-6,10-13,16-17H,9,18-19H2/b22-16+,23-17+. The van der Waals surface area contributed by atoms with Gasteiger partial charge in [-0.25, -0.2) is 0 Å². The van der Waals surface area contributed by atoms with Gasteiger partial charge in [-0.05, 0) is 55.7 Å². The zero-order valence-corrected chi connectivity index (χ0v) is 14.0. The molecule has 0 bridgehead atoms. The van der Waals surface area contributed by atoms with Gasteiger partial charge < -0.3 is 0 Å². The molecule has 25 heavy (non-hydrogen) atoms. The Kier molecular flexibility index (Phi) is 5.65. The van der Waals surface area contributed by atoms with E-state index in [9.17, 15) is 4.79 Å². The molecule has 0 aliphatic heterocycles. The van der Waals surface area contributed by atoms with E-state index >= 15 is 0 Å². The zero-order valence-electron chi connectivity index (χ0n) is 14.0. The number of carbonyl (C=O) groups excluding carboxylic acids is 1. The normalized spacial score (nSPS) is 16.7. The van der Waals surface area contributed by atoms with Gasteiger partial charge in [0.1, 0.15) is 0 Å². The van der Waals surface area contributed by atoms with E-state index < -0.39 is 0 Å². The first kappa shape index (κ1) is 16.6. The molecule has 1 aliphatic rings. The fourth-order valence-corrected chi connectivity index (χ4v) is 2.63. The van der Waals surface area contributed by atoms with Gasteiger partial charge in [-0.2, -0.15) is 0 Å². The Hall–Kier alpha value is -3.29. The van der Waals surface area contributed by atoms with Crippen molar-refractivity contribution in [3.8, 4) is 23.7 Å². The molecule has 1 fully saturated rings. The molecule has 0 unspecified atom stereocenters. The van der Waals surface area contributed by atoms with Crippen molar-refractivity contribution in [3.05, 3.63) is 95.1 Å². The first-order valence-corrected chi connectivity index (χ1v) is 8.39. The second-order valence-corrected chi connectivity index (χ2v) is 5.79. The van der Waals surface area contributed by atoms with Crippen LogP contribution in [0.4, 0.5) is 0 Å². The monoisotopic (exact) mass is 322 g/mol. The van der Waals surface area contributed by atoms with Crippen LogP contribution in [0.5, 0.6) is 0 Å². The van der Waals surface area contributed by atoms with Crippen LogP contribution in [0.25, 0.3) is 0 Å². The third kappa shape index (κ3) is 4.84. The van der Waals surface area contributed by atoms with Crippen molar-refractivity contribution >= 4 is 5.78 Å². The Morgan fingerprint density at radius 3 is 1.56 bits per heavy atom. The predicted molar refractivity (Wildman–Crippen MR) is 102 cm³/mol. The molecule has 0 amide bonds. The van der Waals surface area contributed by atoms with Crippen LogP contribution in [-0.2, 0) is 4.79 Å². The summed E-state index contributed by atoms with van der Waals surface area (Å²) in [5, 5.41) is 0. The molecular weight excluding hydrogens is 304 g/mol. The largest absolute Gasteiger partial charge is 0.289 e. The van der Waals surface area contributed by atoms with E-state index in [-0.39, 0.29) is 5.78 Å². The summed E-state index contributed by atoms with van der Waals surface area (Å²) in [6, 6.07) is 19.6. The van der Waals surface area contributed by atoms with Gasteiger partial charge in [-0.3, -0.25) is 4.79 Å². The van der Waals surface area contributed by atoms with Crippen LogP contribution in [0.15, 0.2) is 84.0 Å². The van der Waals surface area contributed by atoms with Crippen LogP contribution < -0.4 is 0 Å². The summed E-state index contributed by atoms with van der Waals surface area (Å²) in [7, 11) is 0. The maximum absolute atomic E-state index is 12.5. The van der Waals surface area contributed by atoms with Crippen LogP contribution in [-0.4, -0.2) is 5.78 Å². The van der Waals surface area contributed by atoms with Crippen LogP contribution in [0.1, 0.15) is 30.4 Å². The van der Waals surface area contributed by atoms with Gasteiger partial charge in [0.25, 0.3) is 0 Å². The van der Waals surface area contributed by atoms with E-state index in [1.807, 2.05) is 60.7 Å². The van der Waals surface area contributed by atoms with Gasteiger partial charge >= 0.3 is 0 Å². The average molecular weight is 322 g/mol. The SMILES string of the molecule is O=C1/C(=C/C#Cc2ccccc2)CCC/C1=C\C#Cc1ccccc1. The Bertz CT molecular complexity index is 846. The highest BCUT2D eigenvalue weighted by Crippen LogP contribution is 2.24. The maximum Gasteiger partial charge on any atom is 0.186 e. The second kappa shape index (κ2) is 8.53. The molecule has 0 spiro atoms. The summed E-state index contributed by atoms with van der Waals surface area (Å²) in [4.78, 5) is 12.5. The molecule has 0 aromatic heterocycles. The second-order valence-electron chi connectivity index (χ2n) is 5.79. The number of carbonyl (C=O) groups is 1. The summed E-state index contributed by atoms with van der Waals surface area (Å²) in [6.07, 6.45) is 6.04. The summed E-state index contributed by atoms with van der Waals surface area (Å²) in [5.41, 5.74) is 3.46. The van der Waals surface area contributed by atoms with Crippen molar-refractivity contribution in [1.29, 1.82) is 0 Å². The highest BCUT2D eigenvalue weighted by atomic mass is 16.1. The van der Waals surface area contributed by atoms with Gasteiger partial charge in [0.05, 0.1) is 0 Å². The van der Waals surface area contributed by atoms with Gasteiger partial charge in [0, 0.05) is 22.3 Å². The van der Waals surface area contributed by atoms with Gasteiger partial charge in [-0.1, -0.05) is 60.1 Å². The number of hydrogen-bond acceptors (Lipinski definition) is 1. The lowest BCUT2D eigenvalue weighted by Crippen LogP contribution is -2.12. The lowest BCUT2D eigenvalue weighted by molar-refractivity contribution is -0.113. The van der Waals surface area contributed by atoms with Crippen molar-refractivity contribution < 1.29 is 4.79 Å². The number of benzene rings is 2. The van der Waals surface area contributed by atoms with E-state index in [2.05, 4.69) is 23.7 Å². The maximum atomic E-state index is 12.5. The lowest BCUT2D eigenvalue weighted by atomic mass is 9.88. The topological polar surface area (TPSA) is 17.1 Å². The molecular formula is C24H18O. The number of ketones is 1. The number of hydrogen-bond donors (Lipinski definition) is 0. The molecule has 3 rings (SSSR count). The van der Waals surface area contributed by atoms with E-state index in [0.29, 0.717) is 0 Å². The molecule has 2 aromatic carbocycles.